The molecule has 1 aromatic heterocycles. The van der Waals surface area contributed by atoms with E-state index in [2.05, 4.69) is 5.32 Å². The molecule has 0 bridgehead atoms. The fraction of sp³-hybridized carbons (Fsp3) is 0.727. The molecule has 0 saturated carbocycles. The van der Waals surface area contributed by atoms with E-state index in [-0.39, 0.29) is 43.0 Å². The van der Waals surface area contributed by atoms with E-state index >= 15 is 4.39 Å². The molecule has 61 heavy (non-hydrogen) atoms. The van der Waals surface area contributed by atoms with E-state index in [1.54, 1.807) is 46.8 Å². The fourth-order valence-corrected chi connectivity index (χ4v) is 9.88. The number of carbonyl (C=O) groups is 4. The highest BCUT2D eigenvalue weighted by Gasteiger charge is 2.61. The van der Waals surface area contributed by atoms with Crippen molar-refractivity contribution in [2.24, 2.45) is 17.8 Å². The number of alkyl halides is 1. The minimum absolute atomic E-state index is 0.00748. The van der Waals surface area contributed by atoms with E-state index in [9.17, 15) is 34.4 Å². The predicted molar refractivity (Wildman–Crippen MR) is 222 cm³/mol. The van der Waals surface area contributed by atoms with Crippen molar-refractivity contribution in [1.82, 2.24) is 14.8 Å². The number of halogens is 1. The summed E-state index contributed by atoms with van der Waals surface area (Å²) in [7, 11) is 1.39. The Labute approximate surface area is 357 Å². The minimum Gasteiger partial charge on any atom is -0.455 e. The number of benzene rings is 1. The van der Waals surface area contributed by atoms with Gasteiger partial charge in [-0.05, 0) is 71.9 Å². The maximum atomic E-state index is 16.9. The molecule has 17 heteroatoms. The number of unbranched alkanes of at least 4 members (excludes halogenated alkanes) is 1. The molecule has 3 aliphatic heterocycles. The second-order valence-corrected chi connectivity index (χ2v) is 18.2. The molecular formula is C44H65FN4O12. The summed E-state index contributed by atoms with van der Waals surface area (Å²) in [5.41, 5.74) is -5.50. The number of carbonyl (C=O) groups excluding carboxylic acids is 4. The van der Waals surface area contributed by atoms with Gasteiger partial charge in [0.2, 0.25) is 0 Å². The third-order valence-corrected chi connectivity index (χ3v) is 13.1. The van der Waals surface area contributed by atoms with Gasteiger partial charge in [-0.2, -0.15) is 0 Å². The fourth-order valence-electron chi connectivity index (χ4n) is 9.88. The number of methoxy groups -OCH3 is 1. The zero-order chi connectivity index (χ0) is 45.4. The van der Waals surface area contributed by atoms with E-state index in [0.29, 0.717) is 25.8 Å². The van der Waals surface area contributed by atoms with Crippen molar-refractivity contribution in [1.29, 1.82) is 0 Å². The SMILES string of the molecule is CC[C@H]1OC(=O)[C@@](C)(F)C(=O)[C@@H](C)[C@@H](O[C@@H]2O[C@H](C)C[C@H](NC(C)C)[C@@H]2O)[C@](C)(OC)C[C@@H](C)C(=O)[C@H](C)C2N(CCCCn3ccc4cc([N+](=O)[O-])ccc43)C(=O)O[C@@]21C. The number of nitro benzene ring substituents is 1. The van der Waals surface area contributed by atoms with Gasteiger partial charge in [0.05, 0.1) is 28.8 Å². The number of aromatic nitrogens is 1. The van der Waals surface area contributed by atoms with E-state index in [1.165, 1.54) is 31.1 Å². The van der Waals surface area contributed by atoms with Gasteiger partial charge >= 0.3 is 12.1 Å². The summed E-state index contributed by atoms with van der Waals surface area (Å²) in [6.07, 6.45) is -2.78. The van der Waals surface area contributed by atoms with Crippen molar-refractivity contribution in [2.75, 3.05) is 13.7 Å². The van der Waals surface area contributed by atoms with Crippen LogP contribution in [0.15, 0.2) is 30.5 Å². The number of amides is 1. The lowest BCUT2D eigenvalue weighted by atomic mass is 9.73. The number of cyclic esters (lactones) is 1. The molecule has 13 atom stereocenters. The molecule has 2 N–H and O–H groups in total. The molecule has 1 aromatic carbocycles. The minimum atomic E-state index is -3.21. The Balaban J connectivity index is 1.47. The molecule has 340 valence electrons. The van der Waals surface area contributed by atoms with Crippen LogP contribution >= 0.6 is 0 Å². The number of ether oxygens (including phenoxy) is 5. The van der Waals surface area contributed by atoms with Gasteiger partial charge in [0.25, 0.3) is 11.4 Å². The van der Waals surface area contributed by atoms with Crippen molar-refractivity contribution in [3.63, 3.8) is 0 Å². The molecule has 3 fully saturated rings. The normalized spacial score (nSPS) is 36.8. The molecule has 2 aromatic rings. The van der Waals surface area contributed by atoms with Gasteiger partial charge in [-0.15, -0.1) is 0 Å². The van der Waals surface area contributed by atoms with Gasteiger partial charge in [-0.25, -0.2) is 14.0 Å². The van der Waals surface area contributed by atoms with Crippen LogP contribution in [0.25, 0.3) is 10.9 Å². The third-order valence-electron chi connectivity index (χ3n) is 13.1. The second kappa shape index (κ2) is 18.8. The number of nitrogens with one attached hydrogen (secondary N) is 1. The van der Waals surface area contributed by atoms with E-state index in [4.69, 9.17) is 23.7 Å². The molecule has 1 amide bonds. The molecule has 1 unspecified atom stereocenters. The van der Waals surface area contributed by atoms with Crippen molar-refractivity contribution in [3.8, 4) is 0 Å². The molecule has 0 spiro atoms. The third kappa shape index (κ3) is 9.65. The van der Waals surface area contributed by atoms with Crippen LogP contribution in [0.1, 0.15) is 101 Å². The number of nitrogens with zero attached hydrogens (tertiary/aromatic N) is 3. The van der Waals surface area contributed by atoms with Crippen LogP contribution in [-0.2, 0) is 44.6 Å². The summed E-state index contributed by atoms with van der Waals surface area (Å²) < 4.78 is 49.5. The van der Waals surface area contributed by atoms with Crippen molar-refractivity contribution in [3.05, 3.63) is 40.6 Å². The summed E-state index contributed by atoms with van der Waals surface area (Å²) in [4.78, 5) is 69.1. The average Bonchev–Trinajstić information content (AvgIpc) is 3.73. The number of rotatable bonds is 12. The lowest BCUT2D eigenvalue weighted by molar-refractivity contribution is -0.384. The molecule has 5 rings (SSSR count). The summed E-state index contributed by atoms with van der Waals surface area (Å²) in [6.45, 7) is 16.9. The van der Waals surface area contributed by atoms with Crippen LogP contribution in [0.5, 0.6) is 0 Å². The summed E-state index contributed by atoms with van der Waals surface area (Å²) >= 11 is 0. The maximum absolute atomic E-state index is 16.9. The lowest BCUT2D eigenvalue weighted by Crippen LogP contribution is -2.62. The smallest absolute Gasteiger partial charge is 0.410 e. The first-order valence-electron chi connectivity index (χ1n) is 21.5. The average molecular weight is 861 g/mol. The van der Waals surface area contributed by atoms with Crippen LogP contribution < -0.4 is 5.32 Å². The second-order valence-electron chi connectivity index (χ2n) is 18.2. The molecular weight excluding hydrogens is 795 g/mol. The van der Waals surface area contributed by atoms with Crippen molar-refractivity contribution < 1.29 is 57.3 Å². The molecule has 0 aliphatic carbocycles. The number of aryl methyl sites for hydroxylation is 1. The van der Waals surface area contributed by atoms with Crippen LogP contribution in [-0.4, -0.2) is 122 Å². The van der Waals surface area contributed by atoms with Crippen LogP contribution in [0, 0.1) is 27.9 Å². The highest BCUT2D eigenvalue weighted by Crippen LogP contribution is 2.44. The monoisotopic (exact) mass is 860 g/mol. The van der Waals surface area contributed by atoms with Gasteiger partial charge < -0.3 is 43.6 Å². The van der Waals surface area contributed by atoms with Gasteiger partial charge in [-0.1, -0.05) is 41.5 Å². The Kier molecular flexibility index (Phi) is 14.8. The largest absolute Gasteiger partial charge is 0.455 e. The van der Waals surface area contributed by atoms with Crippen molar-refractivity contribution in [2.45, 2.75) is 174 Å². The molecule has 0 radical (unpaired) electrons. The number of hydrogen-bond acceptors (Lipinski definition) is 13. The van der Waals surface area contributed by atoms with Gasteiger partial charge in [0.1, 0.15) is 18.0 Å². The number of hydrogen-bond donors (Lipinski definition) is 2. The highest BCUT2D eigenvalue weighted by molar-refractivity contribution is 6.08. The van der Waals surface area contributed by atoms with Crippen molar-refractivity contribution >= 4 is 40.2 Å². The predicted octanol–water partition coefficient (Wildman–Crippen LogP) is 6.06. The number of esters is 1. The van der Waals surface area contributed by atoms with Gasteiger partial charge in [0.15, 0.2) is 17.7 Å². The lowest BCUT2D eigenvalue weighted by Gasteiger charge is -2.47. The Hall–Kier alpha value is -4.03. The topological polar surface area (TPSA) is 198 Å². The Morgan fingerprint density at radius 2 is 1.72 bits per heavy atom. The van der Waals surface area contributed by atoms with Gasteiger partial charge in [0, 0.05) is 79.3 Å². The Bertz CT molecular complexity index is 1940. The number of aliphatic hydroxyl groups is 1. The zero-order valence-corrected chi connectivity index (χ0v) is 37.3. The summed E-state index contributed by atoms with van der Waals surface area (Å²) in [6, 6.07) is 5.07. The summed E-state index contributed by atoms with van der Waals surface area (Å²) in [5.74, 6) is -5.96. The van der Waals surface area contributed by atoms with Crippen LogP contribution in [0.2, 0.25) is 0 Å². The molecule has 3 aliphatic rings. The molecule has 3 saturated heterocycles. The van der Waals surface area contributed by atoms with Gasteiger partial charge in [-0.3, -0.25) is 19.7 Å². The first-order valence-corrected chi connectivity index (χ1v) is 21.5. The number of aliphatic hydroxyl groups excluding tert-OH is 1. The standard InChI is InChI=1S/C44H65FN4O12/c1-12-33-44(10)36(48(41(54)61-44)19-14-13-18-47-20-17-29-22-30(49(55)56)15-16-32(29)47)27(6)34(50)25(4)23-42(8,57-11)38(28(7)37(52)43(9,45)40(53)59-33)60-39-35(51)31(46-24(2)3)21-26(5)58-39/h15-17,20,22,24-28,31,33,35-36,38-39,46,51H,12-14,18-19,21,23H2,1-11H3/t25-,26-,27+,28-,31+,33-,35+,36?,38-,39+,42-,43+,44-/m1/s1. The van der Waals surface area contributed by atoms with Crippen LogP contribution in [0.3, 0.4) is 0 Å². The van der Waals surface area contributed by atoms with E-state index in [0.717, 1.165) is 17.8 Å². The van der Waals surface area contributed by atoms with Crippen LogP contribution in [0.4, 0.5) is 14.9 Å². The maximum Gasteiger partial charge on any atom is 0.410 e. The number of ketones is 2. The quantitative estimate of drug-likeness (QED) is 0.0822. The molecule has 16 nitrogen and oxygen atoms in total. The Morgan fingerprint density at radius 3 is 2.34 bits per heavy atom. The zero-order valence-electron chi connectivity index (χ0n) is 37.3. The molecule has 4 heterocycles. The highest BCUT2D eigenvalue weighted by atomic mass is 19.1. The Morgan fingerprint density at radius 1 is 1.05 bits per heavy atom. The summed E-state index contributed by atoms with van der Waals surface area (Å²) in [5, 5.41) is 26.8. The number of nitro groups is 1. The number of non-ortho nitro benzene ring substituents is 1. The number of Topliss-reactive ketones (excluding diaryl/α,β-unsaturated/α-hetero) is 2. The first-order chi connectivity index (χ1) is 28.5. The van der Waals surface area contributed by atoms with E-state index < -0.39 is 94.1 Å². The van der Waals surface area contributed by atoms with E-state index in [1.807, 2.05) is 31.5 Å². The number of fused-ring (bicyclic) bond motifs is 2. The first kappa shape index (κ1) is 48.0.